The lowest BCUT2D eigenvalue weighted by atomic mass is 10.1. The molecule has 2 amide bonds. The molecule has 7 heteroatoms. The van der Waals surface area contributed by atoms with Gasteiger partial charge in [-0.2, -0.15) is 0 Å². The number of anilines is 1. The van der Waals surface area contributed by atoms with Crippen molar-refractivity contribution in [1.82, 2.24) is 15.2 Å². The molecule has 24 heavy (non-hydrogen) atoms. The van der Waals surface area contributed by atoms with E-state index in [1.807, 2.05) is 24.0 Å². The third kappa shape index (κ3) is 4.67. The standard InChI is InChI=1S/C17H27N5O2/c1-3-5-15(18)17(24)20-12-14-6-4-7-19-16(14)22-10-8-21(9-11-22)13(2)23/h4,6-7,15H,3,5,8-12,18H2,1-2H3,(H,20,24). The second-order valence-electron chi connectivity index (χ2n) is 6.09. The van der Waals surface area contributed by atoms with Gasteiger partial charge in [0, 0.05) is 51.4 Å². The fraction of sp³-hybridized carbons (Fsp3) is 0.588. The summed E-state index contributed by atoms with van der Waals surface area (Å²) >= 11 is 0. The van der Waals surface area contributed by atoms with Gasteiger partial charge in [-0.25, -0.2) is 4.98 Å². The van der Waals surface area contributed by atoms with Gasteiger partial charge in [0.25, 0.3) is 0 Å². The Kier molecular flexibility index (Phi) is 6.54. The number of nitrogens with one attached hydrogen (secondary N) is 1. The molecule has 0 aromatic carbocycles. The number of piperazine rings is 1. The van der Waals surface area contributed by atoms with Crippen molar-refractivity contribution in [1.29, 1.82) is 0 Å². The summed E-state index contributed by atoms with van der Waals surface area (Å²) in [4.78, 5) is 31.9. The fourth-order valence-electron chi connectivity index (χ4n) is 2.84. The minimum absolute atomic E-state index is 0.105. The number of nitrogens with zero attached hydrogens (tertiary/aromatic N) is 3. The lowest BCUT2D eigenvalue weighted by Crippen LogP contribution is -2.48. The Morgan fingerprint density at radius 2 is 2.04 bits per heavy atom. The number of nitrogens with two attached hydrogens (primary N) is 1. The molecular formula is C17H27N5O2. The van der Waals surface area contributed by atoms with Crippen molar-refractivity contribution in [2.75, 3.05) is 31.1 Å². The van der Waals surface area contributed by atoms with Crippen LogP contribution in [0.5, 0.6) is 0 Å². The molecule has 2 heterocycles. The summed E-state index contributed by atoms with van der Waals surface area (Å²) in [5.74, 6) is 0.839. The third-order valence-corrected chi connectivity index (χ3v) is 4.28. The van der Waals surface area contributed by atoms with Gasteiger partial charge in [-0.05, 0) is 12.5 Å². The van der Waals surface area contributed by atoms with Crippen LogP contribution in [0.25, 0.3) is 0 Å². The Hall–Kier alpha value is -2.15. The van der Waals surface area contributed by atoms with E-state index in [2.05, 4.69) is 15.2 Å². The lowest BCUT2D eigenvalue weighted by Gasteiger charge is -2.35. The Bertz CT molecular complexity index is 570. The average molecular weight is 333 g/mol. The quantitative estimate of drug-likeness (QED) is 0.791. The zero-order valence-electron chi connectivity index (χ0n) is 14.5. The van der Waals surface area contributed by atoms with Crippen LogP contribution in [0.2, 0.25) is 0 Å². The summed E-state index contributed by atoms with van der Waals surface area (Å²) < 4.78 is 0. The van der Waals surface area contributed by atoms with E-state index >= 15 is 0 Å². The second kappa shape index (κ2) is 8.63. The molecule has 0 radical (unpaired) electrons. The molecule has 1 aliphatic rings. The first-order valence-corrected chi connectivity index (χ1v) is 8.50. The van der Waals surface area contributed by atoms with E-state index < -0.39 is 6.04 Å². The predicted octanol–water partition coefficient (Wildman–Crippen LogP) is 0.494. The van der Waals surface area contributed by atoms with Gasteiger partial charge in [0.2, 0.25) is 11.8 Å². The molecule has 0 aliphatic carbocycles. The molecule has 1 aromatic heterocycles. The van der Waals surface area contributed by atoms with Crippen LogP contribution in [0, 0.1) is 0 Å². The van der Waals surface area contributed by atoms with Crippen molar-refractivity contribution in [2.45, 2.75) is 39.3 Å². The molecule has 2 rings (SSSR count). The zero-order chi connectivity index (χ0) is 17.5. The van der Waals surface area contributed by atoms with Crippen molar-refractivity contribution < 1.29 is 9.59 Å². The highest BCUT2D eigenvalue weighted by Crippen LogP contribution is 2.19. The SMILES string of the molecule is CCCC(N)C(=O)NCc1cccnc1N1CCN(C(C)=O)CC1. The van der Waals surface area contributed by atoms with Gasteiger partial charge in [-0.1, -0.05) is 19.4 Å². The Labute approximate surface area is 143 Å². The molecule has 0 spiro atoms. The number of pyridine rings is 1. The van der Waals surface area contributed by atoms with E-state index in [-0.39, 0.29) is 11.8 Å². The predicted molar refractivity (Wildman–Crippen MR) is 93.4 cm³/mol. The molecule has 0 bridgehead atoms. The van der Waals surface area contributed by atoms with Crippen LogP contribution in [0.4, 0.5) is 5.82 Å². The summed E-state index contributed by atoms with van der Waals surface area (Å²) in [6.45, 7) is 6.88. The van der Waals surface area contributed by atoms with Crippen molar-refractivity contribution in [2.24, 2.45) is 5.73 Å². The van der Waals surface area contributed by atoms with E-state index in [1.165, 1.54) is 0 Å². The minimum atomic E-state index is -0.464. The summed E-state index contributed by atoms with van der Waals surface area (Å²) in [7, 11) is 0. The van der Waals surface area contributed by atoms with Crippen LogP contribution in [0.15, 0.2) is 18.3 Å². The number of carbonyl (C=O) groups excluding carboxylic acids is 2. The highest BCUT2D eigenvalue weighted by Gasteiger charge is 2.21. The van der Waals surface area contributed by atoms with Crippen LogP contribution in [0.3, 0.4) is 0 Å². The van der Waals surface area contributed by atoms with Crippen LogP contribution in [-0.2, 0) is 16.1 Å². The third-order valence-electron chi connectivity index (χ3n) is 4.28. The van der Waals surface area contributed by atoms with E-state index in [0.717, 1.165) is 30.9 Å². The molecule has 1 unspecified atom stereocenters. The largest absolute Gasteiger partial charge is 0.353 e. The number of amides is 2. The molecule has 0 saturated carbocycles. The maximum atomic E-state index is 12.0. The molecule has 7 nitrogen and oxygen atoms in total. The second-order valence-corrected chi connectivity index (χ2v) is 6.09. The minimum Gasteiger partial charge on any atom is -0.353 e. The Morgan fingerprint density at radius 3 is 2.67 bits per heavy atom. The normalized spacial score (nSPS) is 16.0. The van der Waals surface area contributed by atoms with E-state index in [4.69, 9.17) is 5.73 Å². The first-order chi connectivity index (χ1) is 11.5. The average Bonchev–Trinajstić information content (AvgIpc) is 2.60. The monoisotopic (exact) mass is 333 g/mol. The maximum Gasteiger partial charge on any atom is 0.237 e. The van der Waals surface area contributed by atoms with Gasteiger partial charge in [0.15, 0.2) is 0 Å². The van der Waals surface area contributed by atoms with Crippen LogP contribution in [0.1, 0.15) is 32.3 Å². The molecule has 3 N–H and O–H groups in total. The van der Waals surface area contributed by atoms with E-state index in [9.17, 15) is 9.59 Å². The summed E-state index contributed by atoms with van der Waals surface area (Å²) in [5.41, 5.74) is 6.80. The molecular weight excluding hydrogens is 306 g/mol. The number of hydrogen-bond donors (Lipinski definition) is 2. The zero-order valence-corrected chi connectivity index (χ0v) is 14.5. The molecule has 1 aromatic rings. The van der Waals surface area contributed by atoms with Crippen LogP contribution < -0.4 is 16.0 Å². The van der Waals surface area contributed by atoms with Crippen molar-refractivity contribution in [3.8, 4) is 0 Å². The highest BCUT2D eigenvalue weighted by atomic mass is 16.2. The molecule has 1 aliphatic heterocycles. The molecule has 1 saturated heterocycles. The van der Waals surface area contributed by atoms with Gasteiger partial charge in [0.05, 0.1) is 6.04 Å². The first kappa shape index (κ1) is 18.2. The van der Waals surface area contributed by atoms with Crippen LogP contribution in [-0.4, -0.2) is 53.9 Å². The molecule has 132 valence electrons. The number of aromatic nitrogens is 1. The van der Waals surface area contributed by atoms with Crippen molar-refractivity contribution in [3.63, 3.8) is 0 Å². The molecule has 1 fully saturated rings. The van der Waals surface area contributed by atoms with Gasteiger partial charge in [0.1, 0.15) is 5.82 Å². The molecule has 1 atom stereocenters. The Morgan fingerprint density at radius 1 is 1.33 bits per heavy atom. The summed E-state index contributed by atoms with van der Waals surface area (Å²) in [6.07, 6.45) is 3.31. The fourth-order valence-corrected chi connectivity index (χ4v) is 2.84. The topological polar surface area (TPSA) is 91.6 Å². The van der Waals surface area contributed by atoms with Crippen molar-refractivity contribution >= 4 is 17.6 Å². The highest BCUT2D eigenvalue weighted by molar-refractivity contribution is 5.81. The lowest BCUT2D eigenvalue weighted by molar-refractivity contribution is -0.129. The smallest absolute Gasteiger partial charge is 0.237 e. The number of carbonyl (C=O) groups is 2. The summed E-state index contributed by atoms with van der Waals surface area (Å²) in [6, 6.07) is 3.36. The number of hydrogen-bond acceptors (Lipinski definition) is 5. The number of rotatable bonds is 6. The van der Waals surface area contributed by atoms with Gasteiger partial charge in [-0.15, -0.1) is 0 Å². The van der Waals surface area contributed by atoms with Crippen molar-refractivity contribution in [3.05, 3.63) is 23.9 Å². The van der Waals surface area contributed by atoms with E-state index in [0.29, 0.717) is 26.1 Å². The van der Waals surface area contributed by atoms with E-state index in [1.54, 1.807) is 13.1 Å². The van der Waals surface area contributed by atoms with Gasteiger partial charge >= 0.3 is 0 Å². The Balaban J connectivity index is 1.98. The van der Waals surface area contributed by atoms with Crippen LogP contribution >= 0.6 is 0 Å². The maximum absolute atomic E-state index is 12.0. The first-order valence-electron chi connectivity index (χ1n) is 8.50. The van der Waals surface area contributed by atoms with Gasteiger partial charge in [-0.3, -0.25) is 9.59 Å². The van der Waals surface area contributed by atoms with Gasteiger partial charge < -0.3 is 20.9 Å². The summed E-state index contributed by atoms with van der Waals surface area (Å²) in [5, 5.41) is 2.89.